The first-order valence-corrected chi connectivity index (χ1v) is 6.33. The molecular weight excluding hydrogens is 192 g/mol. The van der Waals surface area contributed by atoms with Crippen LogP contribution in [0.3, 0.4) is 0 Å². The molecular formula is C13H23Cl. The van der Waals surface area contributed by atoms with Crippen LogP contribution in [0.25, 0.3) is 0 Å². The molecule has 0 spiro atoms. The Kier molecular flexibility index (Phi) is 12.6. The van der Waals surface area contributed by atoms with Gasteiger partial charge in [0.05, 0.1) is 0 Å². The molecule has 0 aliphatic rings. The zero-order valence-electron chi connectivity index (χ0n) is 9.34. The largest absolute Gasteiger partial charge is 0.127 e. The third-order valence-corrected chi connectivity index (χ3v) is 2.39. The van der Waals surface area contributed by atoms with Crippen LogP contribution in [-0.2, 0) is 0 Å². The van der Waals surface area contributed by atoms with E-state index in [-0.39, 0.29) is 0 Å². The van der Waals surface area contributed by atoms with E-state index in [1.807, 2.05) is 0 Å². The van der Waals surface area contributed by atoms with Gasteiger partial charge >= 0.3 is 0 Å². The van der Waals surface area contributed by atoms with E-state index >= 15 is 0 Å². The van der Waals surface area contributed by atoms with E-state index in [2.05, 4.69) is 31.2 Å². The molecule has 0 aromatic heterocycles. The highest BCUT2D eigenvalue weighted by atomic mass is 35.5. The first-order chi connectivity index (χ1) is 6.91. The number of unbranched alkanes of at least 4 members (excludes halogenated alkanes) is 5. The summed E-state index contributed by atoms with van der Waals surface area (Å²) in [5, 5.41) is 0. The molecule has 0 aromatic carbocycles. The van der Waals surface area contributed by atoms with E-state index in [0.717, 1.165) is 12.3 Å². The second-order valence-corrected chi connectivity index (χ2v) is 3.89. The monoisotopic (exact) mass is 214 g/mol. The Morgan fingerprint density at radius 1 is 0.857 bits per heavy atom. The summed E-state index contributed by atoms with van der Waals surface area (Å²) in [6.45, 7) is 2.15. The van der Waals surface area contributed by atoms with E-state index in [1.165, 1.54) is 38.5 Å². The normalized spacial score (nSPS) is 11.9. The van der Waals surface area contributed by atoms with Crippen LogP contribution in [0.1, 0.15) is 51.9 Å². The quantitative estimate of drug-likeness (QED) is 0.285. The minimum atomic E-state index is 0.821. The maximum atomic E-state index is 5.59. The summed E-state index contributed by atoms with van der Waals surface area (Å²) in [7, 11) is 0. The second kappa shape index (κ2) is 12.8. The van der Waals surface area contributed by atoms with Crippen LogP contribution in [0.2, 0.25) is 0 Å². The van der Waals surface area contributed by atoms with Gasteiger partial charge in [0.1, 0.15) is 0 Å². The lowest BCUT2D eigenvalue weighted by Crippen LogP contribution is -1.79. The van der Waals surface area contributed by atoms with Gasteiger partial charge in [-0.3, -0.25) is 0 Å². The topological polar surface area (TPSA) is 0 Å². The fourth-order valence-corrected chi connectivity index (χ4v) is 1.47. The molecule has 0 unspecified atom stereocenters. The zero-order valence-corrected chi connectivity index (χ0v) is 10.1. The molecule has 0 bridgehead atoms. The molecule has 0 amide bonds. The fourth-order valence-electron chi connectivity index (χ4n) is 1.28. The zero-order chi connectivity index (χ0) is 10.5. The van der Waals surface area contributed by atoms with Crippen molar-refractivity contribution in [1.82, 2.24) is 0 Å². The fraction of sp³-hybridized carbons (Fsp3) is 0.692. The second-order valence-electron chi connectivity index (χ2n) is 3.51. The van der Waals surface area contributed by atoms with Gasteiger partial charge in [-0.05, 0) is 25.7 Å². The summed E-state index contributed by atoms with van der Waals surface area (Å²) in [6, 6.07) is 0. The molecule has 0 saturated heterocycles. The lowest BCUT2D eigenvalue weighted by molar-refractivity contribution is 0.639. The number of hydrogen-bond donors (Lipinski definition) is 0. The molecule has 0 rings (SSSR count). The average molecular weight is 215 g/mol. The maximum Gasteiger partial charge on any atom is 0.0223 e. The minimum absolute atomic E-state index is 0.821. The molecule has 0 aliphatic heterocycles. The van der Waals surface area contributed by atoms with Gasteiger partial charge in [0.25, 0.3) is 0 Å². The molecule has 0 fully saturated rings. The Hall–Kier alpha value is -0.230. The average Bonchev–Trinajstić information content (AvgIpc) is 2.21. The molecule has 0 aliphatic carbocycles. The van der Waals surface area contributed by atoms with Crippen molar-refractivity contribution < 1.29 is 0 Å². The van der Waals surface area contributed by atoms with Crippen LogP contribution in [0.5, 0.6) is 0 Å². The predicted molar refractivity (Wildman–Crippen MR) is 67.0 cm³/mol. The van der Waals surface area contributed by atoms with Crippen LogP contribution in [0.15, 0.2) is 24.3 Å². The Balaban J connectivity index is 3.05. The first kappa shape index (κ1) is 13.8. The van der Waals surface area contributed by atoms with Gasteiger partial charge < -0.3 is 0 Å². The van der Waals surface area contributed by atoms with Crippen LogP contribution in [0.4, 0.5) is 0 Å². The van der Waals surface area contributed by atoms with Crippen molar-refractivity contribution in [1.29, 1.82) is 0 Å². The van der Waals surface area contributed by atoms with E-state index in [4.69, 9.17) is 11.6 Å². The van der Waals surface area contributed by atoms with E-state index < -0.39 is 0 Å². The van der Waals surface area contributed by atoms with Gasteiger partial charge in [-0.1, -0.05) is 50.5 Å². The van der Waals surface area contributed by atoms with Crippen LogP contribution in [0, 0.1) is 0 Å². The lowest BCUT2D eigenvalue weighted by atomic mass is 10.1. The third kappa shape index (κ3) is 11.8. The van der Waals surface area contributed by atoms with Gasteiger partial charge in [-0.15, -0.1) is 11.6 Å². The van der Waals surface area contributed by atoms with E-state index in [0.29, 0.717) is 0 Å². The van der Waals surface area contributed by atoms with Crippen molar-refractivity contribution in [2.45, 2.75) is 51.9 Å². The third-order valence-electron chi connectivity index (χ3n) is 2.12. The Bertz CT molecular complexity index is 147. The van der Waals surface area contributed by atoms with Crippen molar-refractivity contribution in [3.8, 4) is 0 Å². The summed E-state index contributed by atoms with van der Waals surface area (Å²) in [5.74, 6) is 0.821. The number of hydrogen-bond acceptors (Lipinski definition) is 0. The lowest BCUT2D eigenvalue weighted by Gasteiger charge is -1.96. The highest BCUT2D eigenvalue weighted by molar-refractivity contribution is 6.17. The Morgan fingerprint density at radius 3 is 2.21 bits per heavy atom. The van der Waals surface area contributed by atoms with Crippen molar-refractivity contribution in [2.24, 2.45) is 0 Å². The van der Waals surface area contributed by atoms with Gasteiger partial charge in [0, 0.05) is 5.88 Å². The van der Waals surface area contributed by atoms with Crippen molar-refractivity contribution in [3.63, 3.8) is 0 Å². The molecule has 14 heavy (non-hydrogen) atoms. The summed E-state index contributed by atoms with van der Waals surface area (Å²) in [6.07, 6.45) is 17.5. The van der Waals surface area contributed by atoms with Crippen LogP contribution >= 0.6 is 11.6 Å². The molecule has 0 radical (unpaired) electrons. The molecule has 82 valence electrons. The van der Waals surface area contributed by atoms with Crippen molar-refractivity contribution >= 4 is 11.6 Å². The summed E-state index contributed by atoms with van der Waals surface area (Å²) in [5.41, 5.74) is 0. The highest BCUT2D eigenvalue weighted by Crippen LogP contribution is 2.06. The van der Waals surface area contributed by atoms with Gasteiger partial charge in [0.2, 0.25) is 0 Å². The Morgan fingerprint density at radius 2 is 1.50 bits per heavy atom. The van der Waals surface area contributed by atoms with Crippen LogP contribution in [-0.4, -0.2) is 5.88 Å². The molecule has 0 atom stereocenters. The molecule has 0 saturated carbocycles. The van der Waals surface area contributed by atoms with E-state index in [1.54, 1.807) is 0 Å². The standard InChI is InChI=1S/C13H23Cl/c1-2-3-4-5-6-7-8-9-10-11-12-13-14/h3-6H,2,7-13H2,1H3. The number of allylic oxidation sites excluding steroid dienone is 4. The highest BCUT2D eigenvalue weighted by Gasteiger charge is 1.87. The number of alkyl halides is 1. The van der Waals surface area contributed by atoms with Crippen molar-refractivity contribution in [3.05, 3.63) is 24.3 Å². The smallest absolute Gasteiger partial charge is 0.0223 e. The summed E-state index contributed by atoms with van der Waals surface area (Å²) >= 11 is 5.59. The van der Waals surface area contributed by atoms with E-state index in [9.17, 15) is 0 Å². The molecule has 0 N–H and O–H groups in total. The summed E-state index contributed by atoms with van der Waals surface area (Å²) < 4.78 is 0. The van der Waals surface area contributed by atoms with Gasteiger partial charge in [-0.25, -0.2) is 0 Å². The molecule has 1 heteroatoms. The number of halogens is 1. The van der Waals surface area contributed by atoms with Crippen molar-refractivity contribution in [2.75, 3.05) is 5.88 Å². The van der Waals surface area contributed by atoms with Gasteiger partial charge in [0.15, 0.2) is 0 Å². The predicted octanol–water partition coefficient (Wildman–Crippen LogP) is 5.09. The maximum absolute atomic E-state index is 5.59. The van der Waals surface area contributed by atoms with Gasteiger partial charge in [-0.2, -0.15) is 0 Å². The Labute approximate surface area is 94.0 Å². The molecule has 0 aromatic rings. The summed E-state index contributed by atoms with van der Waals surface area (Å²) in [4.78, 5) is 0. The van der Waals surface area contributed by atoms with Crippen LogP contribution < -0.4 is 0 Å². The minimum Gasteiger partial charge on any atom is -0.127 e. The number of rotatable bonds is 9. The molecule has 0 nitrogen and oxygen atoms in total. The SMILES string of the molecule is CCC=CC=CCCCCCCCCl. The first-order valence-electron chi connectivity index (χ1n) is 5.79. The molecule has 0 heterocycles.